The molecule has 100 valence electrons. The minimum Gasteiger partial charge on any atom is -0.478 e. The summed E-state index contributed by atoms with van der Waals surface area (Å²) in [7, 11) is 0. The number of nitrogens with zero attached hydrogens (tertiary/aromatic N) is 1. The molecule has 0 saturated carbocycles. The molecule has 0 radical (unpaired) electrons. The molecule has 0 unspecified atom stereocenters. The minimum absolute atomic E-state index is 0.0801. The summed E-state index contributed by atoms with van der Waals surface area (Å²) in [5.74, 6) is -1.06. The van der Waals surface area contributed by atoms with E-state index in [9.17, 15) is 4.79 Å². The third-order valence-corrected chi connectivity index (χ3v) is 2.62. The first-order chi connectivity index (χ1) is 8.56. The van der Waals surface area contributed by atoms with E-state index in [1.807, 2.05) is 0 Å². The minimum atomic E-state index is -1.17. The number of aliphatic hydroxyl groups excluding tert-OH is 3. The summed E-state index contributed by atoms with van der Waals surface area (Å²) >= 11 is 0. The number of aliphatic hydroxyl groups is 3. The predicted molar refractivity (Wildman–Crippen MR) is 62.0 cm³/mol. The maximum Gasteiger partial charge on any atom is 0.337 e. The number of nitrogens with one attached hydrogen (secondary N) is 1. The lowest BCUT2D eigenvalue weighted by molar-refractivity contribution is 0.0411. The Kier molecular flexibility index (Phi) is 5.17. The first kappa shape index (κ1) is 14.5. The molecular formula is C11H16N2O5. The number of carboxylic acid groups (broad SMARTS) is 1. The van der Waals surface area contributed by atoms with Crippen LogP contribution in [0.4, 0.5) is 0 Å². The summed E-state index contributed by atoms with van der Waals surface area (Å²) in [4.78, 5) is 14.5. The predicted octanol–water partition coefficient (Wildman–Crippen LogP) is -1.41. The third kappa shape index (κ3) is 3.47. The summed E-state index contributed by atoms with van der Waals surface area (Å²) in [5.41, 5.74) is -0.552. The van der Waals surface area contributed by atoms with E-state index in [2.05, 4.69) is 10.3 Å². The largest absolute Gasteiger partial charge is 0.478 e. The molecule has 0 amide bonds. The van der Waals surface area contributed by atoms with Crippen molar-refractivity contribution < 1.29 is 25.2 Å². The normalized spacial score (nSPS) is 11.5. The van der Waals surface area contributed by atoms with Gasteiger partial charge in [-0.1, -0.05) is 0 Å². The number of hydrogen-bond acceptors (Lipinski definition) is 6. The molecule has 5 N–H and O–H groups in total. The fourth-order valence-corrected chi connectivity index (χ4v) is 1.25. The molecule has 7 nitrogen and oxygen atoms in total. The van der Waals surface area contributed by atoms with Gasteiger partial charge in [-0.05, 0) is 12.1 Å². The number of rotatable bonds is 7. The Morgan fingerprint density at radius 2 is 1.83 bits per heavy atom. The molecule has 0 fully saturated rings. The fourth-order valence-electron chi connectivity index (χ4n) is 1.25. The standard InChI is InChI=1S/C11H16N2O5/c14-5-11(6-15,7-16)13-4-9-2-1-8(3-12-9)10(17)18/h1-3,13-16H,4-7H2,(H,17,18). The number of hydrogen-bond donors (Lipinski definition) is 5. The molecule has 1 heterocycles. The van der Waals surface area contributed by atoms with Gasteiger partial charge in [0, 0.05) is 12.7 Å². The van der Waals surface area contributed by atoms with Crippen molar-refractivity contribution >= 4 is 5.97 Å². The van der Waals surface area contributed by atoms with Crippen molar-refractivity contribution in [3.05, 3.63) is 29.6 Å². The van der Waals surface area contributed by atoms with Crippen LogP contribution in [-0.2, 0) is 6.54 Å². The second-order valence-corrected chi connectivity index (χ2v) is 3.95. The van der Waals surface area contributed by atoms with Crippen molar-refractivity contribution in [3.8, 4) is 0 Å². The SMILES string of the molecule is O=C(O)c1ccc(CNC(CO)(CO)CO)nc1. The lowest BCUT2D eigenvalue weighted by Gasteiger charge is -2.28. The van der Waals surface area contributed by atoms with Crippen LogP contribution in [0.2, 0.25) is 0 Å². The van der Waals surface area contributed by atoms with E-state index in [0.29, 0.717) is 5.69 Å². The van der Waals surface area contributed by atoms with Crippen molar-refractivity contribution in [2.75, 3.05) is 19.8 Å². The van der Waals surface area contributed by atoms with E-state index in [-0.39, 0.29) is 12.1 Å². The van der Waals surface area contributed by atoms with E-state index in [1.165, 1.54) is 18.3 Å². The summed E-state index contributed by atoms with van der Waals surface area (Å²) < 4.78 is 0. The van der Waals surface area contributed by atoms with E-state index in [4.69, 9.17) is 20.4 Å². The lowest BCUT2D eigenvalue weighted by Crippen LogP contribution is -2.54. The molecule has 0 aliphatic heterocycles. The summed E-state index contributed by atoms with van der Waals surface area (Å²) in [6.07, 6.45) is 1.22. The molecule has 7 heteroatoms. The van der Waals surface area contributed by atoms with Gasteiger partial charge in [0.05, 0.1) is 36.6 Å². The molecule has 0 aliphatic rings. The van der Waals surface area contributed by atoms with Crippen LogP contribution in [0.25, 0.3) is 0 Å². The van der Waals surface area contributed by atoms with Gasteiger partial charge in [0.15, 0.2) is 0 Å². The molecule has 0 atom stereocenters. The molecule has 0 saturated heterocycles. The maximum absolute atomic E-state index is 10.6. The van der Waals surface area contributed by atoms with Gasteiger partial charge < -0.3 is 20.4 Å². The lowest BCUT2D eigenvalue weighted by atomic mass is 10.0. The first-order valence-electron chi connectivity index (χ1n) is 5.33. The number of aromatic carboxylic acids is 1. The van der Waals surface area contributed by atoms with Crippen LogP contribution in [0.5, 0.6) is 0 Å². The molecule has 1 aromatic rings. The summed E-state index contributed by atoms with van der Waals surface area (Å²) in [5, 5.41) is 38.8. The highest BCUT2D eigenvalue weighted by molar-refractivity contribution is 5.87. The van der Waals surface area contributed by atoms with Gasteiger partial charge in [0.25, 0.3) is 0 Å². The Morgan fingerprint density at radius 1 is 1.22 bits per heavy atom. The van der Waals surface area contributed by atoms with Crippen molar-refractivity contribution in [2.24, 2.45) is 0 Å². The van der Waals surface area contributed by atoms with Gasteiger partial charge in [-0.15, -0.1) is 0 Å². The fraction of sp³-hybridized carbons (Fsp3) is 0.455. The Balaban J connectivity index is 2.65. The van der Waals surface area contributed by atoms with E-state index in [0.717, 1.165) is 0 Å². The van der Waals surface area contributed by atoms with Gasteiger partial charge in [-0.2, -0.15) is 0 Å². The van der Waals surface area contributed by atoms with Crippen LogP contribution in [0.15, 0.2) is 18.3 Å². The van der Waals surface area contributed by atoms with E-state index < -0.39 is 31.3 Å². The quantitative estimate of drug-likeness (QED) is 0.406. The summed E-state index contributed by atoms with van der Waals surface area (Å²) in [6, 6.07) is 2.93. The Bertz CT molecular complexity index is 381. The molecular weight excluding hydrogens is 240 g/mol. The van der Waals surface area contributed by atoms with Gasteiger partial charge in [-0.25, -0.2) is 4.79 Å². The molecule has 18 heavy (non-hydrogen) atoms. The number of carbonyl (C=O) groups is 1. The Labute approximate surface area is 104 Å². The van der Waals surface area contributed by atoms with Gasteiger partial charge >= 0.3 is 5.97 Å². The molecule has 0 bridgehead atoms. The smallest absolute Gasteiger partial charge is 0.337 e. The second kappa shape index (κ2) is 6.41. The highest BCUT2D eigenvalue weighted by Gasteiger charge is 2.27. The van der Waals surface area contributed by atoms with Crippen molar-refractivity contribution in [2.45, 2.75) is 12.1 Å². The van der Waals surface area contributed by atoms with Gasteiger partial charge in [0.2, 0.25) is 0 Å². The van der Waals surface area contributed by atoms with Crippen molar-refractivity contribution in [1.29, 1.82) is 0 Å². The first-order valence-corrected chi connectivity index (χ1v) is 5.33. The Morgan fingerprint density at radius 3 is 2.22 bits per heavy atom. The summed E-state index contributed by atoms with van der Waals surface area (Å²) in [6.45, 7) is -1.07. The molecule has 0 aliphatic carbocycles. The zero-order chi connectivity index (χ0) is 13.6. The average Bonchev–Trinajstić information content (AvgIpc) is 2.41. The zero-order valence-corrected chi connectivity index (χ0v) is 9.70. The van der Waals surface area contributed by atoms with Crippen LogP contribution in [0, 0.1) is 0 Å². The zero-order valence-electron chi connectivity index (χ0n) is 9.70. The molecule has 1 aromatic heterocycles. The topological polar surface area (TPSA) is 123 Å². The Hall–Kier alpha value is -1.54. The maximum atomic E-state index is 10.6. The molecule has 1 rings (SSSR count). The number of aromatic nitrogens is 1. The monoisotopic (exact) mass is 256 g/mol. The van der Waals surface area contributed by atoms with Crippen LogP contribution in [-0.4, -0.2) is 56.7 Å². The molecule has 0 aromatic carbocycles. The van der Waals surface area contributed by atoms with Crippen molar-refractivity contribution in [3.63, 3.8) is 0 Å². The van der Waals surface area contributed by atoms with Crippen LogP contribution in [0.1, 0.15) is 16.1 Å². The molecule has 0 spiro atoms. The van der Waals surface area contributed by atoms with E-state index in [1.54, 1.807) is 0 Å². The van der Waals surface area contributed by atoms with Gasteiger partial charge in [0.1, 0.15) is 0 Å². The number of pyridine rings is 1. The van der Waals surface area contributed by atoms with Gasteiger partial charge in [-0.3, -0.25) is 10.3 Å². The second-order valence-electron chi connectivity index (χ2n) is 3.95. The van der Waals surface area contributed by atoms with E-state index >= 15 is 0 Å². The highest BCUT2D eigenvalue weighted by Crippen LogP contribution is 2.05. The highest BCUT2D eigenvalue weighted by atomic mass is 16.4. The number of carboxylic acids is 1. The average molecular weight is 256 g/mol. The van der Waals surface area contributed by atoms with Crippen molar-refractivity contribution in [1.82, 2.24) is 10.3 Å². The van der Waals surface area contributed by atoms with Crippen LogP contribution >= 0.6 is 0 Å². The third-order valence-electron chi connectivity index (χ3n) is 2.62. The van der Waals surface area contributed by atoms with Crippen LogP contribution in [0.3, 0.4) is 0 Å². The van der Waals surface area contributed by atoms with Crippen LogP contribution < -0.4 is 5.32 Å².